The molecule has 0 N–H and O–H groups in total. The maximum atomic E-state index is 14.2. The Morgan fingerprint density at radius 3 is 2.29 bits per heavy atom. The molecular formula is C18H22FNO. The van der Waals surface area contributed by atoms with Crippen LogP contribution in [0.5, 0.6) is 5.75 Å². The van der Waals surface area contributed by atoms with Gasteiger partial charge in [0.05, 0.1) is 18.0 Å². The minimum atomic E-state index is -0.203. The zero-order valence-electron chi connectivity index (χ0n) is 13.3. The number of aromatic nitrogens is 1. The van der Waals surface area contributed by atoms with E-state index in [4.69, 9.17) is 4.74 Å². The van der Waals surface area contributed by atoms with E-state index in [1.165, 1.54) is 0 Å². The number of halogens is 1. The molecule has 3 heteroatoms. The highest BCUT2D eigenvalue weighted by Gasteiger charge is 2.18. The highest BCUT2D eigenvalue weighted by molar-refractivity contribution is 5.60. The first-order chi connectivity index (χ1) is 9.77. The summed E-state index contributed by atoms with van der Waals surface area (Å²) in [6.45, 7) is 9.94. The van der Waals surface area contributed by atoms with Gasteiger partial charge in [0.1, 0.15) is 11.6 Å². The van der Waals surface area contributed by atoms with E-state index in [2.05, 4.69) is 4.98 Å². The summed E-state index contributed by atoms with van der Waals surface area (Å²) in [6.07, 6.45) is 1.78. The standard InChI is InChI=1S/C18H22FNO/c1-12(2)21-14-7-9-17(20-11-14)13-6-8-15(16(19)10-13)18(3,4)5/h6-12H,1-5H3. The van der Waals surface area contributed by atoms with Crippen LogP contribution in [0.15, 0.2) is 36.5 Å². The van der Waals surface area contributed by atoms with Gasteiger partial charge in [-0.2, -0.15) is 0 Å². The molecule has 2 aromatic rings. The maximum Gasteiger partial charge on any atom is 0.138 e. The second-order valence-electron chi connectivity index (χ2n) is 6.49. The third-order valence-corrected chi connectivity index (χ3v) is 3.18. The molecule has 2 rings (SSSR count). The first kappa shape index (κ1) is 15.5. The van der Waals surface area contributed by atoms with Crippen LogP contribution in [0, 0.1) is 5.82 Å². The summed E-state index contributed by atoms with van der Waals surface area (Å²) in [5.74, 6) is 0.532. The van der Waals surface area contributed by atoms with Gasteiger partial charge in [0.2, 0.25) is 0 Å². The Hall–Kier alpha value is -1.90. The zero-order valence-corrected chi connectivity index (χ0v) is 13.3. The zero-order chi connectivity index (χ0) is 15.6. The molecule has 0 unspecified atom stereocenters. The summed E-state index contributed by atoms with van der Waals surface area (Å²) in [6, 6.07) is 9.01. The second kappa shape index (κ2) is 5.84. The average molecular weight is 287 g/mol. The van der Waals surface area contributed by atoms with Crippen LogP contribution in [-0.2, 0) is 5.41 Å². The predicted octanol–water partition coefficient (Wildman–Crippen LogP) is 4.97. The molecule has 1 aromatic heterocycles. The lowest BCUT2D eigenvalue weighted by molar-refractivity contribution is 0.241. The topological polar surface area (TPSA) is 22.1 Å². The van der Waals surface area contributed by atoms with Crippen molar-refractivity contribution in [3.63, 3.8) is 0 Å². The van der Waals surface area contributed by atoms with Gasteiger partial charge in [-0.05, 0) is 43.0 Å². The van der Waals surface area contributed by atoms with Crippen molar-refractivity contribution in [1.29, 1.82) is 0 Å². The molecule has 1 aromatic carbocycles. The third-order valence-electron chi connectivity index (χ3n) is 3.18. The molecule has 1 heterocycles. The number of benzene rings is 1. The molecule has 112 valence electrons. The van der Waals surface area contributed by atoms with Crippen LogP contribution in [0.25, 0.3) is 11.3 Å². The summed E-state index contributed by atoms with van der Waals surface area (Å²) in [5.41, 5.74) is 2.03. The van der Waals surface area contributed by atoms with Gasteiger partial charge in [-0.15, -0.1) is 0 Å². The minimum Gasteiger partial charge on any atom is -0.489 e. The van der Waals surface area contributed by atoms with E-state index in [0.717, 1.165) is 17.0 Å². The van der Waals surface area contributed by atoms with Crippen LogP contribution < -0.4 is 4.74 Å². The van der Waals surface area contributed by atoms with Crippen molar-refractivity contribution in [2.24, 2.45) is 0 Å². The van der Waals surface area contributed by atoms with Crippen LogP contribution >= 0.6 is 0 Å². The number of nitrogens with zero attached hydrogens (tertiary/aromatic N) is 1. The van der Waals surface area contributed by atoms with Gasteiger partial charge in [0.15, 0.2) is 0 Å². The van der Waals surface area contributed by atoms with Crippen molar-refractivity contribution in [2.45, 2.75) is 46.1 Å². The van der Waals surface area contributed by atoms with Crippen molar-refractivity contribution in [3.05, 3.63) is 47.9 Å². The van der Waals surface area contributed by atoms with Gasteiger partial charge >= 0.3 is 0 Å². The first-order valence-electron chi connectivity index (χ1n) is 7.20. The Bertz CT molecular complexity index is 612. The van der Waals surface area contributed by atoms with E-state index in [9.17, 15) is 4.39 Å². The normalized spacial score (nSPS) is 11.8. The fourth-order valence-electron chi connectivity index (χ4n) is 2.18. The van der Waals surface area contributed by atoms with Crippen molar-refractivity contribution in [3.8, 4) is 17.0 Å². The number of ether oxygens (including phenoxy) is 1. The smallest absolute Gasteiger partial charge is 0.138 e. The van der Waals surface area contributed by atoms with E-state index in [1.54, 1.807) is 12.3 Å². The molecule has 0 amide bonds. The van der Waals surface area contributed by atoms with Crippen LogP contribution in [0.1, 0.15) is 40.2 Å². The molecule has 0 fully saturated rings. The van der Waals surface area contributed by atoms with Gasteiger partial charge in [-0.25, -0.2) is 4.39 Å². The van der Waals surface area contributed by atoms with E-state index >= 15 is 0 Å². The molecular weight excluding hydrogens is 265 g/mol. The van der Waals surface area contributed by atoms with Crippen molar-refractivity contribution in [2.75, 3.05) is 0 Å². The lowest BCUT2D eigenvalue weighted by Gasteiger charge is -2.20. The monoisotopic (exact) mass is 287 g/mol. The third kappa shape index (κ3) is 3.81. The van der Waals surface area contributed by atoms with Crippen LogP contribution in [-0.4, -0.2) is 11.1 Å². The van der Waals surface area contributed by atoms with Crippen molar-refractivity contribution >= 4 is 0 Å². The Morgan fingerprint density at radius 2 is 1.81 bits per heavy atom. The quantitative estimate of drug-likeness (QED) is 0.795. The van der Waals surface area contributed by atoms with Gasteiger partial charge in [-0.3, -0.25) is 4.98 Å². The summed E-state index contributed by atoms with van der Waals surface area (Å²) < 4.78 is 19.8. The molecule has 21 heavy (non-hydrogen) atoms. The molecule has 0 radical (unpaired) electrons. The summed E-state index contributed by atoms with van der Waals surface area (Å²) in [4.78, 5) is 4.34. The van der Waals surface area contributed by atoms with Gasteiger partial charge in [0.25, 0.3) is 0 Å². The number of rotatable bonds is 3. The van der Waals surface area contributed by atoms with Crippen molar-refractivity contribution in [1.82, 2.24) is 4.98 Å². The van der Waals surface area contributed by atoms with Crippen LogP contribution in [0.2, 0.25) is 0 Å². The van der Waals surface area contributed by atoms with Crippen LogP contribution in [0.3, 0.4) is 0 Å². The Balaban J connectivity index is 2.28. The number of pyridine rings is 1. The Kier molecular flexibility index (Phi) is 4.31. The largest absolute Gasteiger partial charge is 0.489 e. The fraction of sp³-hybridized carbons (Fsp3) is 0.389. The van der Waals surface area contributed by atoms with Crippen LogP contribution in [0.4, 0.5) is 4.39 Å². The molecule has 0 aliphatic rings. The highest BCUT2D eigenvalue weighted by Crippen LogP contribution is 2.28. The second-order valence-corrected chi connectivity index (χ2v) is 6.49. The molecule has 0 saturated heterocycles. The van der Waals surface area contributed by atoms with Gasteiger partial charge in [0, 0.05) is 5.56 Å². The average Bonchev–Trinajstić information content (AvgIpc) is 2.37. The van der Waals surface area contributed by atoms with Gasteiger partial charge in [-0.1, -0.05) is 32.9 Å². The first-order valence-corrected chi connectivity index (χ1v) is 7.20. The maximum absolute atomic E-state index is 14.2. The molecule has 0 bridgehead atoms. The minimum absolute atomic E-state index is 0.112. The molecule has 0 aliphatic heterocycles. The van der Waals surface area contributed by atoms with Crippen molar-refractivity contribution < 1.29 is 9.13 Å². The SMILES string of the molecule is CC(C)Oc1ccc(-c2ccc(C(C)(C)C)c(F)c2)nc1. The Labute approximate surface area is 126 Å². The highest BCUT2D eigenvalue weighted by atomic mass is 19.1. The predicted molar refractivity (Wildman–Crippen MR) is 84.1 cm³/mol. The molecule has 2 nitrogen and oxygen atoms in total. The fourth-order valence-corrected chi connectivity index (χ4v) is 2.18. The van der Waals surface area contributed by atoms with E-state index in [1.807, 2.05) is 58.9 Å². The molecule has 0 spiro atoms. The van der Waals surface area contributed by atoms with E-state index in [-0.39, 0.29) is 17.3 Å². The Morgan fingerprint density at radius 1 is 1.10 bits per heavy atom. The lowest BCUT2D eigenvalue weighted by Crippen LogP contribution is -2.13. The molecule has 0 saturated carbocycles. The van der Waals surface area contributed by atoms with E-state index in [0.29, 0.717) is 5.56 Å². The molecule has 0 atom stereocenters. The molecule has 0 aliphatic carbocycles. The summed E-state index contributed by atoms with van der Waals surface area (Å²) in [5, 5.41) is 0. The number of hydrogen-bond acceptors (Lipinski definition) is 2. The van der Waals surface area contributed by atoms with Gasteiger partial charge < -0.3 is 4.74 Å². The summed E-state index contributed by atoms with van der Waals surface area (Å²) >= 11 is 0. The summed E-state index contributed by atoms with van der Waals surface area (Å²) in [7, 11) is 0. The number of hydrogen-bond donors (Lipinski definition) is 0. The van der Waals surface area contributed by atoms with E-state index < -0.39 is 0 Å². The lowest BCUT2D eigenvalue weighted by atomic mass is 9.86.